The molecule has 3 aromatic rings. The van der Waals surface area contributed by atoms with Crippen molar-refractivity contribution >= 4 is 23.6 Å². The van der Waals surface area contributed by atoms with Crippen molar-refractivity contribution in [2.24, 2.45) is 0 Å². The lowest BCUT2D eigenvalue weighted by Gasteiger charge is -2.22. The molecule has 4 rings (SSSR count). The Morgan fingerprint density at radius 1 is 1.07 bits per heavy atom. The Bertz CT molecular complexity index is 971. The lowest BCUT2D eigenvalue weighted by atomic mass is 10.1. The molecule has 0 saturated heterocycles. The lowest BCUT2D eigenvalue weighted by Crippen LogP contribution is -2.31. The van der Waals surface area contributed by atoms with Gasteiger partial charge < -0.3 is 14.6 Å². The van der Waals surface area contributed by atoms with Gasteiger partial charge in [-0.15, -0.1) is 11.8 Å². The van der Waals surface area contributed by atoms with Gasteiger partial charge in [0, 0.05) is 35.4 Å². The van der Waals surface area contributed by atoms with Gasteiger partial charge in [-0.05, 0) is 54.8 Å². The van der Waals surface area contributed by atoms with Crippen molar-refractivity contribution in [1.29, 1.82) is 0 Å². The predicted molar refractivity (Wildman–Crippen MR) is 115 cm³/mol. The van der Waals surface area contributed by atoms with Crippen molar-refractivity contribution in [2.75, 3.05) is 5.75 Å². The summed E-state index contributed by atoms with van der Waals surface area (Å²) in [5, 5.41) is 2.99. The smallest absolute Gasteiger partial charge is 0.251 e. The summed E-state index contributed by atoms with van der Waals surface area (Å²) in [6, 6.07) is 15.2. The average molecular weight is 422 g/mol. The molecular formula is C23H23N3O3S. The highest BCUT2D eigenvalue weighted by molar-refractivity contribution is 8.00. The Morgan fingerprint density at radius 3 is 2.50 bits per heavy atom. The van der Waals surface area contributed by atoms with Gasteiger partial charge >= 0.3 is 0 Å². The molecule has 1 aromatic carbocycles. The van der Waals surface area contributed by atoms with Gasteiger partial charge in [0.1, 0.15) is 5.76 Å². The molecule has 1 fully saturated rings. The molecule has 6 nitrogen and oxygen atoms in total. The summed E-state index contributed by atoms with van der Waals surface area (Å²) >= 11 is 1.48. The van der Waals surface area contributed by atoms with E-state index in [1.807, 2.05) is 48.5 Å². The van der Waals surface area contributed by atoms with E-state index in [2.05, 4.69) is 10.3 Å². The first-order valence-electron chi connectivity index (χ1n) is 9.90. The van der Waals surface area contributed by atoms with Crippen LogP contribution in [0.25, 0.3) is 0 Å². The van der Waals surface area contributed by atoms with Crippen LogP contribution in [0.5, 0.6) is 0 Å². The largest absolute Gasteiger partial charge is 0.467 e. The minimum atomic E-state index is -0.0404. The number of furan rings is 1. The Hall–Kier alpha value is -3.06. The number of pyridine rings is 1. The van der Waals surface area contributed by atoms with Gasteiger partial charge in [-0.25, -0.2) is 0 Å². The van der Waals surface area contributed by atoms with Gasteiger partial charge in [-0.3, -0.25) is 14.6 Å². The van der Waals surface area contributed by atoms with Crippen LogP contribution >= 0.6 is 11.8 Å². The van der Waals surface area contributed by atoms with Crippen LogP contribution in [0.3, 0.4) is 0 Å². The third-order valence-electron chi connectivity index (χ3n) is 4.79. The van der Waals surface area contributed by atoms with Crippen molar-refractivity contribution in [3.8, 4) is 0 Å². The van der Waals surface area contributed by atoms with E-state index in [9.17, 15) is 9.59 Å². The monoisotopic (exact) mass is 421 g/mol. The molecule has 30 heavy (non-hydrogen) atoms. The second kappa shape index (κ2) is 9.63. The standard InChI is InChI=1S/C23H23N3O3S/c27-22(16-30-21-9-11-24-12-10-21)26(15-20-2-1-13-29-20)14-17-3-5-18(6-4-17)23(28)25-19-7-8-19/h1-6,9-13,19H,7-8,14-16H2,(H,25,28). The molecule has 0 radical (unpaired) electrons. The Kier molecular flexibility index (Phi) is 6.49. The van der Waals surface area contributed by atoms with E-state index in [4.69, 9.17) is 4.42 Å². The highest BCUT2D eigenvalue weighted by Gasteiger charge is 2.23. The molecule has 0 aliphatic heterocycles. The zero-order valence-corrected chi connectivity index (χ0v) is 17.3. The normalized spacial score (nSPS) is 13.1. The van der Waals surface area contributed by atoms with Crippen molar-refractivity contribution in [1.82, 2.24) is 15.2 Å². The molecule has 1 aliphatic rings. The number of nitrogens with zero attached hydrogens (tertiary/aromatic N) is 2. The second-order valence-corrected chi connectivity index (χ2v) is 8.29. The number of hydrogen-bond acceptors (Lipinski definition) is 5. The van der Waals surface area contributed by atoms with Gasteiger partial charge in [-0.2, -0.15) is 0 Å². The summed E-state index contributed by atoms with van der Waals surface area (Å²) in [5.74, 6) is 1.04. The molecule has 2 heterocycles. The zero-order valence-electron chi connectivity index (χ0n) is 16.5. The third kappa shape index (κ3) is 5.73. The van der Waals surface area contributed by atoms with Crippen molar-refractivity contribution in [2.45, 2.75) is 36.9 Å². The predicted octanol–water partition coefficient (Wildman–Crippen LogP) is 3.89. The third-order valence-corrected chi connectivity index (χ3v) is 5.79. The molecule has 2 amide bonds. The number of benzene rings is 1. The Balaban J connectivity index is 1.41. The first kappa shape index (κ1) is 20.2. The SMILES string of the molecule is O=C(NC1CC1)c1ccc(CN(Cc2ccco2)C(=O)CSc2ccncc2)cc1. The van der Waals surface area contributed by atoms with E-state index < -0.39 is 0 Å². The highest BCUT2D eigenvalue weighted by atomic mass is 32.2. The molecular weight excluding hydrogens is 398 g/mol. The van der Waals surface area contributed by atoms with Crippen LogP contribution in [0.15, 0.2) is 76.5 Å². The number of amides is 2. The molecule has 7 heteroatoms. The Morgan fingerprint density at radius 2 is 1.83 bits per heavy atom. The maximum Gasteiger partial charge on any atom is 0.251 e. The number of rotatable bonds is 9. The van der Waals surface area contributed by atoms with E-state index >= 15 is 0 Å². The minimum Gasteiger partial charge on any atom is -0.467 e. The quantitative estimate of drug-likeness (QED) is 0.531. The molecule has 1 aliphatic carbocycles. The molecule has 0 spiro atoms. The number of carbonyl (C=O) groups excluding carboxylic acids is 2. The number of hydrogen-bond donors (Lipinski definition) is 1. The van der Waals surface area contributed by atoms with E-state index in [0.717, 1.165) is 29.1 Å². The first-order chi connectivity index (χ1) is 14.7. The summed E-state index contributed by atoms with van der Waals surface area (Å²) in [4.78, 5) is 31.9. The number of aromatic nitrogens is 1. The topological polar surface area (TPSA) is 75.4 Å². The summed E-state index contributed by atoms with van der Waals surface area (Å²) in [7, 11) is 0. The van der Waals surface area contributed by atoms with E-state index in [-0.39, 0.29) is 11.8 Å². The van der Waals surface area contributed by atoms with Crippen LogP contribution < -0.4 is 5.32 Å². The van der Waals surface area contributed by atoms with Gasteiger partial charge in [0.15, 0.2) is 0 Å². The zero-order chi connectivity index (χ0) is 20.8. The fourth-order valence-electron chi connectivity index (χ4n) is 2.97. The van der Waals surface area contributed by atoms with Crippen molar-refractivity contribution in [3.05, 3.63) is 84.1 Å². The molecule has 1 N–H and O–H groups in total. The number of nitrogens with one attached hydrogen (secondary N) is 1. The summed E-state index contributed by atoms with van der Waals surface area (Å²) < 4.78 is 5.45. The van der Waals surface area contributed by atoms with Crippen LogP contribution in [0, 0.1) is 0 Å². The van der Waals surface area contributed by atoms with Crippen LogP contribution in [-0.4, -0.2) is 33.5 Å². The number of thioether (sulfide) groups is 1. The van der Waals surface area contributed by atoms with Crippen LogP contribution in [-0.2, 0) is 17.9 Å². The molecule has 0 unspecified atom stereocenters. The summed E-state index contributed by atoms with van der Waals surface area (Å²) in [6.45, 7) is 0.841. The van der Waals surface area contributed by atoms with Crippen molar-refractivity contribution in [3.63, 3.8) is 0 Å². The van der Waals surface area contributed by atoms with E-state index in [1.54, 1.807) is 23.6 Å². The van der Waals surface area contributed by atoms with Gasteiger partial charge in [0.25, 0.3) is 5.91 Å². The Labute approximate surface area is 179 Å². The van der Waals surface area contributed by atoms with E-state index in [1.165, 1.54) is 11.8 Å². The van der Waals surface area contributed by atoms with Gasteiger partial charge in [0.2, 0.25) is 5.91 Å². The lowest BCUT2D eigenvalue weighted by molar-refractivity contribution is -0.129. The summed E-state index contributed by atoms with van der Waals surface area (Å²) in [6.07, 6.45) is 7.16. The highest BCUT2D eigenvalue weighted by Crippen LogP contribution is 2.21. The fourth-order valence-corrected chi connectivity index (χ4v) is 3.76. The molecule has 2 aromatic heterocycles. The van der Waals surface area contributed by atoms with Gasteiger partial charge in [0.05, 0.1) is 18.6 Å². The first-order valence-corrected chi connectivity index (χ1v) is 10.9. The summed E-state index contributed by atoms with van der Waals surface area (Å²) in [5.41, 5.74) is 1.61. The number of carbonyl (C=O) groups is 2. The van der Waals surface area contributed by atoms with Crippen LogP contribution in [0.1, 0.15) is 34.5 Å². The van der Waals surface area contributed by atoms with Crippen LogP contribution in [0.4, 0.5) is 0 Å². The molecule has 1 saturated carbocycles. The minimum absolute atomic E-state index is 0.0174. The fraction of sp³-hybridized carbons (Fsp3) is 0.261. The van der Waals surface area contributed by atoms with Crippen LogP contribution in [0.2, 0.25) is 0 Å². The average Bonchev–Trinajstić information content (AvgIpc) is 3.44. The maximum atomic E-state index is 12.9. The van der Waals surface area contributed by atoms with E-state index in [0.29, 0.717) is 30.4 Å². The molecule has 0 atom stereocenters. The second-order valence-electron chi connectivity index (χ2n) is 7.25. The molecule has 0 bridgehead atoms. The van der Waals surface area contributed by atoms with Gasteiger partial charge in [-0.1, -0.05) is 12.1 Å². The van der Waals surface area contributed by atoms with Crippen molar-refractivity contribution < 1.29 is 14.0 Å². The molecule has 154 valence electrons. The maximum absolute atomic E-state index is 12.9.